The van der Waals surface area contributed by atoms with E-state index in [1.807, 2.05) is 0 Å². The van der Waals surface area contributed by atoms with E-state index in [-0.39, 0.29) is 46.7 Å². The molecular weight excluding hydrogens is 396 g/mol. The Kier molecular flexibility index (Phi) is 6.96. The highest BCUT2D eigenvalue weighted by Crippen LogP contribution is 2.19. The summed E-state index contributed by atoms with van der Waals surface area (Å²) in [5.74, 6) is -4.97. The number of carbonyl (C=O) groups excluding carboxylic acids is 3. The van der Waals surface area contributed by atoms with Gasteiger partial charge in [-0.25, -0.2) is 9.59 Å². The molecule has 2 rings (SSSR count). The number of aromatic carboxylic acids is 2. The quantitative estimate of drug-likeness (QED) is 0.245. The van der Waals surface area contributed by atoms with Gasteiger partial charge >= 0.3 is 11.9 Å². The second kappa shape index (κ2) is 9.41. The molecule has 0 saturated heterocycles. The Hall–Kier alpha value is -4.09. The minimum atomic E-state index is -1.37. The van der Waals surface area contributed by atoms with E-state index in [1.165, 1.54) is 12.1 Å². The average molecular weight is 414 g/mol. The van der Waals surface area contributed by atoms with Crippen molar-refractivity contribution in [1.82, 2.24) is 10.6 Å². The third-order valence-electron chi connectivity index (χ3n) is 4.04. The molecule has 2 aromatic carbocycles. The van der Waals surface area contributed by atoms with Gasteiger partial charge in [0.05, 0.1) is 35.6 Å². The van der Waals surface area contributed by atoms with Gasteiger partial charge in [0.1, 0.15) is 0 Å². The summed E-state index contributed by atoms with van der Waals surface area (Å²) in [6.07, 6.45) is 0. The zero-order valence-electron chi connectivity index (χ0n) is 15.5. The summed E-state index contributed by atoms with van der Waals surface area (Å²) in [5.41, 5.74) is 9.19. The first-order valence-corrected chi connectivity index (χ1v) is 8.47. The number of benzene rings is 2. The Morgan fingerprint density at radius 2 is 1.03 bits per heavy atom. The first kappa shape index (κ1) is 22.2. The van der Waals surface area contributed by atoms with Gasteiger partial charge in [-0.3, -0.25) is 14.4 Å². The Labute approximate surface area is 169 Å². The number of nitrogens with two attached hydrogens (primary N) is 2. The van der Waals surface area contributed by atoms with Crippen LogP contribution in [-0.2, 0) is 0 Å². The first-order chi connectivity index (χ1) is 14.2. The number of carboxylic acid groups (broad SMARTS) is 2. The number of hydrogen-bond donors (Lipinski definition) is 6. The van der Waals surface area contributed by atoms with Gasteiger partial charge in [0.15, 0.2) is 5.78 Å². The van der Waals surface area contributed by atoms with Crippen molar-refractivity contribution in [3.05, 3.63) is 69.8 Å². The van der Waals surface area contributed by atoms with Crippen LogP contribution in [0.3, 0.4) is 0 Å². The lowest BCUT2D eigenvalue weighted by atomic mass is 9.95. The topological polar surface area (TPSA) is 202 Å². The molecule has 0 unspecified atom stereocenters. The fourth-order valence-electron chi connectivity index (χ4n) is 2.66. The molecule has 11 heteroatoms. The molecule has 0 aliphatic rings. The standard InChI is InChI=1S/C19H18N4O7/c20-7-22-16(25)13-5-9(1-3-11(13)18(27)28)15(24)10-2-4-12(19(29)30)14(6-10)17(26)23-8-21/h1-6H,7-8,20-21H2,(H,22,25)(H,23,26)(H,27,28)(H,29,30). The number of nitrogens with one attached hydrogen (secondary N) is 2. The molecule has 2 aromatic rings. The summed E-state index contributed by atoms with van der Waals surface area (Å²) < 4.78 is 0. The van der Waals surface area contributed by atoms with E-state index in [0.29, 0.717) is 0 Å². The smallest absolute Gasteiger partial charge is 0.336 e. The molecule has 0 heterocycles. The predicted molar refractivity (Wildman–Crippen MR) is 103 cm³/mol. The van der Waals surface area contributed by atoms with Crippen LogP contribution in [-0.4, -0.2) is 53.1 Å². The summed E-state index contributed by atoms with van der Waals surface area (Å²) in [7, 11) is 0. The van der Waals surface area contributed by atoms with Crippen LogP contribution < -0.4 is 22.1 Å². The van der Waals surface area contributed by atoms with E-state index in [9.17, 15) is 34.2 Å². The maximum Gasteiger partial charge on any atom is 0.336 e. The van der Waals surface area contributed by atoms with E-state index >= 15 is 0 Å². The predicted octanol–water partition coefficient (Wildman–Crippen LogP) is -0.394. The van der Waals surface area contributed by atoms with Crippen LogP contribution in [0, 0.1) is 0 Å². The molecule has 0 aromatic heterocycles. The van der Waals surface area contributed by atoms with Gasteiger partial charge in [0.25, 0.3) is 11.8 Å². The fraction of sp³-hybridized carbons (Fsp3) is 0.105. The molecule has 11 nitrogen and oxygen atoms in total. The molecule has 0 atom stereocenters. The zero-order chi connectivity index (χ0) is 22.4. The van der Waals surface area contributed by atoms with Gasteiger partial charge in [0.2, 0.25) is 0 Å². The van der Waals surface area contributed by atoms with Crippen molar-refractivity contribution in [3.8, 4) is 0 Å². The van der Waals surface area contributed by atoms with Crippen molar-refractivity contribution in [2.75, 3.05) is 13.3 Å². The van der Waals surface area contributed by atoms with Crippen molar-refractivity contribution in [1.29, 1.82) is 0 Å². The summed E-state index contributed by atoms with van der Waals surface area (Å²) in [4.78, 5) is 59.8. The molecule has 30 heavy (non-hydrogen) atoms. The number of hydrogen-bond acceptors (Lipinski definition) is 7. The van der Waals surface area contributed by atoms with Crippen LogP contribution in [0.4, 0.5) is 0 Å². The molecule has 156 valence electrons. The Bertz CT molecular complexity index is 968. The molecule has 0 aliphatic carbocycles. The number of carboxylic acids is 2. The molecule has 0 spiro atoms. The van der Waals surface area contributed by atoms with Gasteiger partial charge in [-0.1, -0.05) is 12.1 Å². The van der Waals surface area contributed by atoms with Crippen molar-refractivity contribution < 1.29 is 34.2 Å². The van der Waals surface area contributed by atoms with Crippen LogP contribution in [0.1, 0.15) is 57.4 Å². The Morgan fingerprint density at radius 3 is 1.33 bits per heavy atom. The second-order valence-corrected chi connectivity index (χ2v) is 5.88. The van der Waals surface area contributed by atoms with Gasteiger partial charge in [-0.2, -0.15) is 0 Å². The summed E-state index contributed by atoms with van der Waals surface area (Å²) in [6.45, 7) is -0.487. The molecule has 8 N–H and O–H groups in total. The van der Waals surface area contributed by atoms with Gasteiger partial charge < -0.3 is 32.3 Å². The van der Waals surface area contributed by atoms with E-state index in [1.54, 1.807) is 0 Å². The highest BCUT2D eigenvalue weighted by Gasteiger charge is 2.22. The number of amides is 2. The van der Waals surface area contributed by atoms with Crippen LogP contribution in [0.5, 0.6) is 0 Å². The third kappa shape index (κ3) is 4.66. The van der Waals surface area contributed by atoms with E-state index < -0.39 is 29.5 Å². The summed E-state index contributed by atoms with van der Waals surface area (Å²) in [5, 5.41) is 23.0. The van der Waals surface area contributed by atoms with Gasteiger partial charge in [-0.15, -0.1) is 0 Å². The molecule has 2 amide bonds. The minimum Gasteiger partial charge on any atom is -0.478 e. The zero-order valence-corrected chi connectivity index (χ0v) is 15.5. The highest BCUT2D eigenvalue weighted by molar-refractivity contribution is 6.14. The normalized spacial score (nSPS) is 10.2. The maximum atomic E-state index is 12.9. The number of rotatable bonds is 8. The fourth-order valence-corrected chi connectivity index (χ4v) is 2.66. The maximum absolute atomic E-state index is 12.9. The number of carbonyl (C=O) groups is 5. The van der Waals surface area contributed by atoms with Crippen LogP contribution in [0.15, 0.2) is 36.4 Å². The van der Waals surface area contributed by atoms with E-state index in [4.69, 9.17) is 11.5 Å². The SMILES string of the molecule is NCNC(=O)c1cc(C(=O)c2ccc(C(=O)O)c(C(=O)NCN)c2)ccc1C(=O)O. The van der Waals surface area contributed by atoms with Gasteiger partial charge in [-0.05, 0) is 24.3 Å². The van der Waals surface area contributed by atoms with Crippen molar-refractivity contribution >= 4 is 29.5 Å². The first-order valence-electron chi connectivity index (χ1n) is 8.47. The molecule has 0 bridgehead atoms. The third-order valence-corrected chi connectivity index (χ3v) is 4.04. The monoisotopic (exact) mass is 414 g/mol. The lowest BCUT2D eigenvalue weighted by molar-refractivity contribution is 0.0682. The van der Waals surface area contributed by atoms with Crippen LogP contribution >= 0.6 is 0 Å². The molecule has 0 fully saturated rings. The van der Waals surface area contributed by atoms with Crippen LogP contribution in [0.25, 0.3) is 0 Å². The average Bonchev–Trinajstić information content (AvgIpc) is 2.72. The largest absolute Gasteiger partial charge is 0.478 e. The van der Waals surface area contributed by atoms with Gasteiger partial charge in [0, 0.05) is 11.1 Å². The lowest BCUT2D eigenvalue weighted by Crippen LogP contribution is -2.31. The molecule has 0 aliphatic heterocycles. The summed E-state index contributed by atoms with van der Waals surface area (Å²) in [6, 6.07) is 6.76. The Balaban J connectivity index is 2.54. The Morgan fingerprint density at radius 1 is 0.667 bits per heavy atom. The van der Waals surface area contributed by atoms with E-state index in [2.05, 4.69) is 10.6 Å². The number of ketones is 1. The van der Waals surface area contributed by atoms with Crippen LogP contribution in [0.2, 0.25) is 0 Å². The molecule has 0 radical (unpaired) electrons. The van der Waals surface area contributed by atoms with Crippen molar-refractivity contribution in [2.45, 2.75) is 0 Å². The molecule has 0 saturated carbocycles. The van der Waals surface area contributed by atoms with Crippen molar-refractivity contribution in [3.63, 3.8) is 0 Å². The summed E-state index contributed by atoms with van der Waals surface area (Å²) >= 11 is 0. The van der Waals surface area contributed by atoms with Crippen molar-refractivity contribution in [2.24, 2.45) is 11.5 Å². The lowest BCUT2D eigenvalue weighted by Gasteiger charge is -2.11. The molecular formula is C19H18N4O7. The minimum absolute atomic E-state index is 0.0459. The highest BCUT2D eigenvalue weighted by atomic mass is 16.4. The second-order valence-electron chi connectivity index (χ2n) is 5.88. The van der Waals surface area contributed by atoms with E-state index in [0.717, 1.165) is 24.3 Å².